The summed E-state index contributed by atoms with van der Waals surface area (Å²) in [6.45, 7) is -0.288. The summed E-state index contributed by atoms with van der Waals surface area (Å²) in [4.78, 5) is 15.6. The Morgan fingerprint density at radius 3 is 2.49 bits per heavy atom. The second kappa shape index (κ2) is 11.3. The van der Waals surface area contributed by atoms with Crippen LogP contribution in [0.25, 0.3) is 0 Å². The van der Waals surface area contributed by atoms with E-state index in [0.29, 0.717) is 16.1 Å². The van der Waals surface area contributed by atoms with Gasteiger partial charge < -0.3 is 9.87 Å². The number of benzene rings is 2. The predicted octanol–water partition coefficient (Wildman–Crippen LogP) is 5.32. The van der Waals surface area contributed by atoms with E-state index in [1.54, 1.807) is 18.2 Å². The van der Waals surface area contributed by atoms with Crippen LogP contribution >= 0.6 is 23.2 Å². The molecule has 13 heteroatoms. The summed E-state index contributed by atoms with van der Waals surface area (Å²) in [5.41, 5.74) is -0.580. The van der Waals surface area contributed by atoms with Gasteiger partial charge in [-0.15, -0.1) is 0 Å². The number of carbonyl (C=O) groups excluding carboxylic acids is 1. The molecule has 1 amide bonds. The number of hydrogen-bond acceptors (Lipinski definition) is 4. The zero-order chi connectivity index (χ0) is 25.8. The summed E-state index contributed by atoms with van der Waals surface area (Å²) < 4.78 is 76.7. The minimum absolute atomic E-state index is 0.111. The van der Waals surface area contributed by atoms with Crippen molar-refractivity contribution in [2.75, 3.05) is 10.8 Å². The fraction of sp³-hybridized carbons (Fsp3) is 0.182. The van der Waals surface area contributed by atoms with Crippen LogP contribution in [0.5, 0.6) is 0 Å². The number of nitrogens with one attached hydrogen (secondary N) is 1. The molecule has 0 saturated heterocycles. The Labute approximate surface area is 210 Å². The van der Waals surface area contributed by atoms with Crippen LogP contribution in [0.15, 0.2) is 54.7 Å². The lowest BCUT2D eigenvalue weighted by Gasteiger charge is -2.27. The monoisotopic (exact) mass is 548 g/mol. The molecule has 0 aliphatic heterocycles. The van der Waals surface area contributed by atoms with Crippen molar-refractivity contribution in [2.24, 2.45) is 0 Å². The van der Waals surface area contributed by atoms with Crippen molar-refractivity contribution in [1.29, 1.82) is 0 Å². The molecule has 1 unspecified atom stereocenters. The maximum atomic E-state index is 14.8. The highest BCUT2D eigenvalue weighted by Gasteiger charge is 2.32. The molecule has 0 fully saturated rings. The Morgan fingerprint density at radius 1 is 1.14 bits per heavy atom. The first kappa shape index (κ1) is 26.9. The molecular weight excluding hydrogens is 533 g/mol. The van der Waals surface area contributed by atoms with Gasteiger partial charge in [-0.25, -0.2) is 4.39 Å². The number of aromatic nitrogens is 1. The van der Waals surface area contributed by atoms with E-state index in [9.17, 15) is 31.1 Å². The van der Waals surface area contributed by atoms with Crippen LogP contribution < -0.4 is 9.62 Å². The highest BCUT2D eigenvalue weighted by atomic mass is 35.5. The van der Waals surface area contributed by atoms with Gasteiger partial charge in [-0.3, -0.25) is 18.3 Å². The van der Waals surface area contributed by atoms with Crippen LogP contribution in [0.2, 0.25) is 10.0 Å². The van der Waals surface area contributed by atoms with E-state index in [1.165, 1.54) is 6.07 Å². The summed E-state index contributed by atoms with van der Waals surface area (Å²) in [5.74, 6) is -1.67. The summed E-state index contributed by atoms with van der Waals surface area (Å²) in [6, 6.07) is 10.1. The zero-order valence-corrected chi connectivity index (χ0v) is 19.9. The molecule has 0 bridgehead atoms. The van der Waals surface area contributed by atoms with Gasteiger partial charge >= 0.3 is 6.18 Å². The highest BCUT2D eigenvalue weighted by Crippen LogP contribution is 2.28. The quantitative estimate of drug-likeness (QED) is 0.305. The Bertz CT molecular complexity index is 1240. The van der Waals surface area contributed by atoms with Crippen LogP contribution in [-0.4, -0.2) is 26.2 Å². The van der Waals surface area contributed by atoms with Crippen molar-refractivity contribution in [3.63, 3.8) is 0 Å². The van der Waals surface area contributed by atoms with Crippen LogP contribution in [0.4, 0.5) is 23.2 Å². The molecule has 1 aromatic heterocycles. The van der Waals surface area contributed by atoms with E-state index in [4.69, 9.17) is 23.2 Å². The summed E-state index contributed by atoms with van der Waals surface area (Å²) in [6.07, 6.45) is -3.46. The van der Waals surface area contributed by atoms with Crippen LogP contribution in [-0.2, 0) is 30.4 Å². The Hall–Kier alpha value is -2.73. The van der Waals surface area contributed by atoms with Gasteiger partial charge in [0.05, 0.1) is 15.7 Å². The van der Waals surface area contributed by atoms with Gasteiger partial charge in [0.2, 0.25) is 0 Å². The summed E-state index contributed by atoms with van der Waals surface area (Å²) in [7, 11) is 0. The molecule has 1 atom stereocenters. The third-order valence-corrected chi connectivity index (χ3v) is 6.44. The van der Waals surface area contributed by atoms with Crippen molar-refractivity contribution >= 4 is 46.1 Å². The van der Waals surface area contributed by atoms with Gasteiger partial charge in [0.1, 0.15) is 11.5 Å². The molecule has 1 N–H and O–H groups in total. The van der Waals surface area contributed by atoms with E-state index in [-0.39, 0.29) is 35.8 Å². The average Bonchev–Trinajstić information content (AvgIpc) is 2.80. The van der Waals surface area contributed by atoms with E-state index in [0.717, 1.165) is 34.8 Å². The molecular formula is C22H16Cl2F4N3O3S-. The number of carbonyl (C=O) groups is 1. The fourth-order valence-corrected chi connectivity index (χ4v) is 4.03. The number of amides is 1. The molecule has 0 radical (unpaired) electrons. The predicted molar refractivity (Wildman–Crippen MR) is 123 cm³/mol. The molecule has 3 aromatic rings. The normalized spacial score (nSPS) is 12.3. The first-order valence-corrected chi connectivity index (χ1v) is 11.7. The Kier molecular flexibility index (Phi) is 8.70. The minimum atomic E-state index is -4.58. The molecule has 6 nitrogen and oxygen atoms in total. The number of halogens is 6. The van der Waals surface area contributed by atoms with E-state index >= 15 is 0 Å². The number of nitrogens with zero attached hydrogens (tertiary/aromatic N) is 2. The largest absolute Gasteiger partial charge is 0.755 e. The SMILES string of the molecule is O=C(NCc1ccc(C(F)(F)F)nc1)c1ccc(N(CCc2cccc(Cl)c2Cl)S(=O)[O-])c(F)c1. The first-order valence-electron chi connectivity index (χ1n) is 9.87. The van der Waals surface area contributed by atoms with Crippen LogP contribution in [0.3, 0.4) is 0 Å². The molecule has 1 heterocycles. The number of rotatable bonds is 8. The molecule has 0 spiro atoms. The van der Waals surface area contributed by atoms with E-state index in [1.807, 2.05) is 0 Å². The molecule has 0 aliphatic rings. The molecule has 35 heavy (non-hydrogen) atoms. The molecule has 0 saturated carbocycles. The lowest BCUT2D eigenvalue weighted by atomic mass is 10.1. The Balaban J connectivity index is 1.68. The zero-order valence-electron chi connectivity index (χ0n) is 17.6. The molecule has 186 valence electrons. The van der Waals surface area contributed by atoms with Crippen molar-refractivity contribution in [3.05, 3.63) is 93.0 Å². The van der Waals surface area contributed by atoms with Gasteiger partial charge in [0.15, 0.2) is 0 Å². The van der Waals surface area contributed by atoms with Crippen LogP contribution in [0, 0.1) is 5.82 Å². The van der Waals surface area contributed by atoms with Crippen molar-refractivity contribution in [1.82, 2.24) is 10.3 Å². The van der Waals surface area contributed by atoms with E-state index in [2.05, 4.69) is 10.3 Å². The van der Waals surface area contributed by atoms with Gasteiger partial charge in [-0.05, 0) is 47.9 Å². The Morgan fingerprint density at radius 2 is 1.89 bits per heavy atom. The van der Waals surface area contributed by atoms with E-state index < -0.39 is 34.9 Å². The third kappa shape index (κ3) is 6.91. The highest BCUT2D eigenvalue weighted by molar-refractivity contribution is 7.80. The van der Waals surface area contributed by atoms with Gasteiger partial charge in [-0.2, -0.15) is 13.2 Å². The smallest absolute Gasteiger partial charge is 0.433 e. The lowest BCUT2D eigenvalue weighted by Crippen LogP contribution is -2.29. The molecule has 0 aliphatic carbocycles. The summed E-state index contributed by atoms with van der Waals surface area (Å²) >= 11 is 9.25. The number of alkyl halides is 3. The second-order valence-electron chi connectivity index (χ2n) is 7.18. The number of anilines is 1. The van der Waals surface area contributed by atoms with Gasteiger partial charge in [0, 0.05) is 36.1 Å². The van der Waals surface area contributed by atoms with Crippen molar-refractivity contribution in [2.45, 2.75) is 19.1 Å². The second-order valence-corrected chi connectivity index (χ2v) is 8.84. The average molecular weight is 549 g/mol. The summed E-state index contributed by atoms with van der Waals surface area (Å²) in [5, 5.41) is 3.00. The fourth-order valence-electron chi connectivity index (χ4n) is 3.07. The number of hydrogen-bond donors (Lipinski definition) is 1. The van der Waals surface area contributed by atoms with Crippen molar-refractivity contribution in [3.8, 4) is 0 Å². The number of pyridine rings is 1. The van der Waals surface area contributed by atoms with Crippen molar-refractivity contribution < 1.29 is 31.1 Å². The first-order chi connectivity index (χ1) is 16.5. The minimum Gasteiger partial charge on any atom is -0.755 e. The standard InChI is InChI=1S/C22H17Cl2F4N3O3S/c23-16-3-1-2-14(20(16)24)8-9-31(35(33)34)18-6-5-15(10-17(18)25)21(32)30-12-13-4-7-19(29-11-13)22(26,27)28/h1-7,10-11H,8-9,12H2,(H,30,32)(H,33,34)/p-1. The van der Waals surface area contributed by atoms with Crippen LogP contribution in [0.1, 0.15) is 27.2 Å². The lowest BCUT2D eigenvalue weighted by molar-refractivity contribution is -0.141. The van der Waals surface area contributed by atoms with Gasteiger partial charge in [-0.1, -0.05) is 41.4 Å². The topological polar surface area (TPSA) is 85.4 Å². The molecule has 3 rings (SSSR count). The molecule has 2 aromatic carbocycles. The maximum absolute atomic E-state index is 14.8. The third-order valence-electron chi connectivity index (χ3n) is 4.84. The van der Waals surface area contributed by atoms with Gasteiger partial charge in [0.25, 0.3) is 5.91 Å². The maximum Gasteiger partial charge on any atom is 0.433 e.